The van der Waals surface area contributed by atoms with Crippen molar-refractivity contribution in [3.8, 4) is 0 Å². The largest absolute Gasteiger partial charge is 0.371 e. The quantitative estimate of drug-likeness (QED) is 0.715. The fourth-order valence-electron chi connectivity index (χ4n) is 6.78. The number of benzene rings is 1. The zero-order chi connectivity index (χ0) is 23.7. The van der Waals surface area contributed by atoms with E-state index in [0.29, 0.717) is 37.9 Å². The molecule has 4 fully saturated rings. The van der Waals surface area contributed by atoms with Gasteiger partial charge in [-0.2, -0.15) is 0 Å². The van der Waals surface area contributed by atoms with Gasteiger partial charge in [-0.3, -0.25) is 14.5 Å². The molecule has 0 bridgehead atoms. The predicted octanol–water partition coefficient (Wildman–Crippen LogP) is 3.50. The Labute approximate surface area is 202 Å². The van der Waals surface area contributed by atoms with Crippen LogP contribution in [0.15, 0.2) is 18.2 Å². The average Bonchev–Trinajstić information content (AvgIpc) is 3.55. The van der Waals surface area contributed by atoms with Crippen LogP contribution >= 0.6 is 0 Å². The van der Waals surface area contributed by atoms with Crippen LogP contribution in [-0.2, 0) is 9.59 Å². The summed E-state index contributed by atoms with van der Waals surface area (Å²) in [6, 6.07) is 5.75. The zero-order valence-electron chi connectivity index (χ0n) is 20.3. The highest BCUT2D eigenvalue weighted by Gasteiger charge is 2.38. The minimum atomic E-state index is -0.240. The number of hydrogen-bond acceptors (Lipinski definition) is 4. The molecule has 186 valence electrons. The Morgan fingerprint density at radius 3 is 2.32 bits per heavy atom. The van der Waals surface area contributed by atoms with Gasteiger partial charge in [0, 0.05) is 56.3 Å². The van der Waals surface area contributed by atoms with Crippen LogP contribution in [0.1, 0.15) is 69.3 Å². The van der Waals surface area contributed by atoms with Crippen molar-refractivity contribution in [1.29, 1.82) is 0 Å². The summed E-state index contributed by atoms with van der Waals surface area (Å²) in [5.74, 6) is 0.0955. The lowest BCUT2D eigenvalue weighted by Crippen LogP contribution is -2.39. The van der Waals surface area contributed by atoms with Gasteiger partial charge >= 0.3 is 0 Å². The molecule has 7 heteroatoms. The average molecular weight is 471 g/mol. The third-order valence-corrected chi connectivity index (χ3v) is 8.83. The maximum atomic E-state index is 14.2. The molecule has 1 aliphatic carbocycles. The maximum absolute atomic E-state index is 14.2. The number of carbonyl (C=O) groups is 2. The van der Waals surface area contributed by atoms with E-state index in [1.54, 1.807) is 12.1 Å². The van der Waals surface area contributed by atoms with E-state index in [-0.39, 0.29) is 29.5 Å². The van der Waals surface area contributed by atoms with Gasteiger partial charge in [0.25, 0.3) is 0 Å². The van der Waals surface area contributed by atoms with Gasteiger partial charge < -0.3 is 15.5 Å². The van der Waals surface area contributed by atoms with E-state index in [0.717, 1.165) is 50.3 Å². The summed E-state index contributed by atoms with van der Waals surface area (Å²) >= 11 is 0. The zero-order valence-corrected chi connectivity index (χ0v) is 20.3. The first-order chi connectivity index (χ1) is 16.5. The number of likely N-dealkylation sites (tertiary alicyclic amines) is 2. The third-order valence-electron chi connectivity index (χ3n) is 8.83. The Balaban J connectivity index is 1.22. The van der Waals surface area contributed by atoms with Crippen LogP contribution in [0.3, 0.4) is 0 Å². The van der Waals surface area contributed by atoms with Crippen molar-refractivity contribution >= 4 is 17.5 Å². The van der Waals surface area contributed by atoms with Gasteiger partial charge in [0.05, 0.1) is 5.92 Å². The summed E-state index contributed by atoms with van der Waals surface area (Å²) in [5, 5.41) is 0. The van der Waals surface area contributed by atoms with Crippen molar-refractivity contribution in [1.82, 2.24) is 9.80 Å². The van der Waals surface area contributed by atoms with Gasteiger partial charge in [-0.1, -0.05) is 25.3 Å². The van der Waals surface area contributed by atoms with E-state index in [2.05, 4.69) is 14.7 Å². The molecule has 0 aromatic heterocycles. The molecule has 1 aromatic rings. The molecule has 3 saturated heterocycles. The van der Waals surface area contributed by atoms with Crippen molar-refractivity contribution in [2.24, 2.45) is 17.6 Å². The highest BCUT2D eigenvalue weighted by Crippen LogP contribution is 2.37. The maximum Gasteiger partial charge on any atom is 0.227 e. The van der Waals surface area contributed by atoms with Crippen LogP contribution in [-0.4, -0.2) is 66.9 Å². The second kappa shape index (κ2) is 10.2. The molecule has 0 radical (unpaired) electrons. The molecule has 4 aliphatic rings. The minimum Gasteiger partial charge on any atom is -0.371 e. The van der Waals surface area contributed by atoms with Crippen molar-refractivity contribution in [3.05, 3.63) is 29.6 Å². The molecule has 2 amide bonds. The second-order valence-corrected chi connectivity index (χ2v) is 10.9. The number of piperidine rings is 1. The SMILES string of the molecule is NC(=O)C1CCN(c2cc(F)ccc2C2CCN(C(=O)C3CCN(C4CCCCC4)C3)C2)CC1. The molecule has 34 heavy (non-hydrogen) atoms. The van der Waals surface area contributed by atoms with Gasteiger partial charge in [0.1, 0.15) is 5.82 Å². The molecular formula is C27H39FN4O2. The van der Waals surface area contributed by atoms with E-state index < -0.39 is 0 Å². The van der Waals surface area contributed by atoms with Crippen LogP contribution in [0, 0.1) is 17.7 Å². The fraction of sp³-hybridized carbons (Fsp3) is 0.704. The van der Waals surface area contributed by atoms with Gasteiger partial charge in [0.15, 0.2) is 0 Å². The van der Waals surface area contributed by atoms with E-state index in [9.17, 15) is 14.0 Å². The first-order valence-electron chi connectivity index (χ1n) is 13.4. The van der Waals surface area contributed by atoms with Crippen LogP contribution in [0.5, 0.6) is 0 Å². The topological polar surface area (TPSA) is 69.9 Å². The Morgan fingerprint density at radius 1 is 0.853 bits per heavy atom. The summed E-state index contributed by atoms with van der Waals surface area (Å²) in [4.78, 5) is 31.8. The lowest BCUT2D eigenvalue weighted by Gasteiger charge is -2.34. The molecule has 2 atom stereocenters. The van der Waals surface area contributed by atoms with Crippen molar-refractivity contribution < 1.29 is 14.0 Å². The molecule has 5 rings (SSSR count). The fourth-order valence-corrected chi connectivity index (χ4v) is 6.78. The molecule has 3 aliphatic heterocycles. The summed E-state index contributed by atoms with van der Waals surface area (Å²) in [5.41, 5.74) is 7.54. The number of primary amides is 1. The standard InChI is InChI=1S/C27H39FN4O2/c28-22-6-7-24(25(16-22)30-12-8-19(9-13-30)26(29)33)20-10-15-32(17-20)27(34)21-11-14-31(18-21)23-4-2-1-3-5-23/h6-7,16,19-21,23H,1-5,8-15,17-18H2,(H2,29,33). The van der Waals surface area contributed by atoms with Crippen molar-refractivity contribution in [2.75, 3.05) is 44.2 Å². The molecular weight excluding hydrogens is 431 g/mol. The Bertz CT molecular complexity index is 895. The normalized spacial score (nSPS) is 27.4. The van der Waals surface area contributed by atoms with E-state index in [1.807, 2.05) is 6.07 Å². The van der Waals surface area contributed by atoms with Crippen LogP contribution in [0.4, 0.5) is 10.1 Å². The Hall–Kier alpha value is -2.15. The van der Waals surface area contributed by atoms with E-state index in [4.69, 9.17) is 5.73 Å². The molecule has 3 heterocycles. The van der Waals surface area contributed by atoms with Gasteiger partial charge in [-0.15, -0.1) is 0 Å². The smallest absolute Gasteiger partial charge is 0.227 e. The van der Waals surface area contributed by atoms with Crippen LogP contribution in [0.2, 0.25) is 0 Å². The van der Waals surface area contributed by atoms with Crippen LogP contribution < -0.4 is 10.6 Å². The first-order valence-corrected chi connectivity index (χ1v) is 13.4. The lowest BCUT2D eigenvalue weighted by atomic mass is 9.92. The number of hydrogen-bond donors (Lipinski definition) is 1. The molecule has 1 aromatic carbocycles. The molecule has 0 spiro atoms. The van der Waals surface area contributed by atoms with Gasteiger partial charge in [-0.05, 0) is 62.8 Å². The second-order valence-electron chi connectivity index (χ2n) is 10.9. The summed E-state index contributed by atoms with van der Waals surface area (Å²) in [6.07, 6.45) is 9.90. The third kappa shape index (κ3) is 4.95. The predicted molar refractivity (Wildman–Crippen MR) is 131 cm³/mol. The molecule has 1 saturated carbocycles. The monoisotopic (exact) mass is 470 g/mol. The number of rotatable bonds is 5. The van der Waals surface area contributed by atoms with E-state index >= 15 is 0 Å². The van der Waals surface area contributed by atoms with Crippen molar-refractivity contribution in [2.45, 2.75) is 69.7 Å². The minimum absolute atomic E-state index is 0.0903. The van der Waals surface area contributed by atoms with Gasteiger partial charge in [-0.25, -0.2) is 4.39 Å². The molecule has 6 nitrogen and oxygen atoms in total. The molecule has 2 N–H and O–H groups in total. The number of anilines is 1. The Kier molecular flexibility index (Phi) is 7.09. The lowest BCUT2D eigenvalue weighted by molar-refractivity contribution is -0.134. The number of nitrogens with zero attached hydrogens (tertiary/aromatic N) is 3. The highest BCUT2D eigenvalue weighted by atomic mass is 19.1. The summed E-state index contributed by atoms with van der Waals surface area (Å²) in [7, 11) is 0. The highest BCUT2D eigenvalue weighted by molar-refractivity contribution is 5.80. The van der Waals surface area contributed by atoms with Crippen molar-refractivity contribution in [3.63, 3.8) is 0 Å². The molecule has 2 unspecified atom stereocenters. The number of halogens is 1. The first kappa shape index (κ1) is 23.6. The number of nitrogens with two attached hydrogens (primary N) is 1. The summed E-state index contributed by atoms with van der Waals surface area (Å²) in [6.45, 7) is 4.89. The van der Waals surface area contributed by atoms with Crippen LogP contribution in [0.25, 0.3) is 0 Å². The summed E-state index contributed by atoms with van der Waals surface area (Å²) < 4.78 is 14.2. The number of carbonyl (C=O) groups excluding carboxylic acids is 2. The van der Waals surface area contributed by atoms with E-state index in [1.165, 1.54) is 32.1 Å². The Morgan fingerprint density at radius 2 is 1.59 bits per heavy atom. The van der Waals surface area contributed by atoms with Gasteiger partial charge in [0.2, 0.25) is 11.8 Å². The number of amides is 2.